The molecule has 0 saturated carbocycles. The number of rotatable bonds is 10. The predicted octanol–water partition coefficient (Wildman–Crippen LogP) is -0.129. The second kappa shape index (κ2) is 11.8. The molecule has 0 aliphatic heterocycles. The molecule has 0 radical (unpaired) electrons. The summed E-state index contributed by atoms with van der Waals surface area (Å²) in [4.78, 5) is 56.1. The van der Waals surface area contributed by atoms with Gasteiger partial charge < -0.3 is 24.3 Å². The topological polar surface area (TPSA) is 134 Å². The Morgan fingerprint density at radius 2 is 1.23 bits per heavy atom. The van der Waals surface area contributed by atoms with Gasteiger partial charge in [0.15, 0.2) is 6.10 Å². The number of esters is 4. The van der Waals surface area contributed by atoms with Crippen molar-refractivity contribution in [2.45, 2.75) is 59.3 Å². The Morgan fingerprint density at radius 3 is 1.65 bits per heavy atom. The molecule has 0 rings (SSSR count). The zero-order chi connectivity index (χ0) is 20.3. The van der Waals surface area contributed by atoms with E-state index in [1.807, 2.05) is 0 Å². The summed E-state index contributed by atoms with van der Waals surface area (Å²) in [5, 5.41) is 2.56. The second-order valence-electron chi connectivity index (χ2n) is 5.53. The first-order valence-electron chi connectivity index (χ1n) is 7.89. The Labute approximate surface area is 151 Å². The monoisotopic (exact) mass is 375 g/mol. The molecule has 0 saturated heterocycles. The van der Waals surface area contributed by atoms with Gasteiger partial charge >= 0.3 is 23.9 Å². The summed E-state index contributed by atoms with van der Waals surface area (Å²) < 4.78 is 19.9. The molecule has 10 heteroatoms. The van der Waals surface area contributed by atoms with E-state index in [0.29, 0.717) is 0 Å². The highest BCUT2D eigenvalue weighted by Gasteiger charge is 2.31. The van der Waals surface area contributed by atoms with Gasteiger partial charge in [-0.05, 0) is 0 Å². The smallest absolute Gasteiger partial charge is 0.303 e. The third kappa shape index (κ3) is 11.8. The van der Waals surface area contributed by atoms with Crippen molar-refractivity contribution in [2.75, 3.05) is 13.2 Å². The number of carbonyl (C=O) groups excluding carboxylic acids is 5. The molecule has 148 valence electrons. The summed E-state index contributed by atoms with van der Waals surface area (Å²) in [6.07, 6.45) is -1.95. The van der Waals surface area contributed by atoms with Crippen molar-refractivity contribution < 1.29 is 42.9 Å². The summed E-state index contributed by atoms with van der Waals surface area (Å²) in [5.74, 6) is -2.88. The third-order valence-electron chi connectivity index (χ3n) is 2.93. The van der Waals surface area contributed by atoms with Crippen molar-refractivity contribution in [3.05, 3.63) is 0 Å². The molecular formula is C16H25NO9. The van der Waals surface area contributed by atoms with E-state index in [0.717, 1.165) is 6.92 Å². The first-order chi connectivity index (χ1) is 12.0. The lowest BCUT2D eigenvalue weighted by Gasteiger charge is -2.29. The van der Waals surface area contributed by atoms with E-state index in [9.17, 15) is 24.0 Å². The van der Waals surface area contributed by atoms with Crippen molar-refractivity contribution >= 4 is 29.8 Å². The van der Waals surface area contributed by atoms with Crippen LogP contribution in [0.15, 0.2) is 0 Å². The first kappa shape index (κ1) is 23.4. The molecule has 0 spiro atoms. The number of amides is 1. The molecule has 0 aromatic rings. The molecule has 0 heterocycles. The van der Waals surface area contributed by atoms with E-state index >= 15 is 0 Å². The Balaban J connectivity index is 5.34. The highest BCUT2D eigenvalue weighted by molar-refractivity contribution is 5.73. The van der Waals surface area contributed by atoms with E-state index in [4.69, 9.17) is 18.9 Å². The maximum Gasteiger partial charge on any atom is 0.303 e. The summed E-state index contributed by atoms with van der Waals surface area (Å²) >= 11 is 0. The van der Waals surface area contributed by atoms with Crippen LogP contribution in [0.1, 0.15) is 41.0 Å². The molecular weight excluding hydrogens is 350 g/mol. The third-order valence-corrected chi connectivity index (χ3v) is 2.93. The normalized spacial score (nSPS) is 13.6. The number of hydrogen-bond donors (Lipinski definition) is 1. The summed E-state index contributed by atoms with van der Waals surface area (Å²) in [5.41, 5.74) is 0. The van der Waals surface area contributed by atoms with Crippen LogP contribution >= 0.6 is 0 Å². The van der Waals surface area contributed by atoms with Gasteiger partial charge in [0, 0.05) is 41.0 Å². The average molecular weight is 375 g/mol. The standard InChI is InChI=1S/C16H25NO9/c1-9(18)17-15(16(26-13(5)22)8-24-11(3)20)6-14(25-12(4)21)7-23-10(2)19/h14-16H,6-8H2,1-5H3,(H,17,18). The predicted molar refractivity (Wildman–Crippen MR) is 86.6 cm³/mol. The van der Waals surface area contributed by atoms with Gasteiger partial charge in [0.25, 0.3) is 0 Å². The van der Waals surface area contributed by atoms with Gasteiger partial charge in [-0.3, -0.25) is 24.0 Å². The largest absolute Gasteiger partial charge is 0.462 e. The second-order valence-corrected chi connectivity index (χ2v) is 5.53. The average Bonchev–Trinajstić information content (AvgIpc) is 2.46. The van der Waals surface area contributed by atoms with Crippen LogP contribution in [0.5, 0.6) is 0 Å². The van der Waals surface area contributed by atoms with E-state index in [-0.39, 0.29) is 19.6 Å². The Bertz CT molecular complexity index is 532. The van der Waals surface area contributed by atoms with Gasteiger partial charge in [-0.25, -0.2) is 0 Å². The molecule has 1 N–H and O–H groups in total. The maximum absolute atomic E-state index is 11.5. The Morgan fingerprint density at radius 1 is 0.731 bits per heavy atom. The number of carbonyl (C=O) groups is 5. The molecule has 3 unspecified atom stereocenters. The van der Waals surface area contributed by atoms with E-state index in [1.54, 1.807) is 0 Å². The van der Waals surface area contributed by atoms with Gasteiger partial charge in [-0.2, -0.15) is 0 Å². The van der Waals surface area contributed by atoms with Crippen molar-refractivity contribution in [3.63, 3.8) is 0 Å². The zero-order valence-electron chi connectivity index (χ0n) is 15.5. The number of hydrogen-bond acceptors (Lipinski definition) is 9. The van der Waals surface area contributed by atoms with Crippen molar-refractivity contribution in [1.29, 1.82) is 0 Å². The fraction of sp³-hybridized carbons (Fsp3) is 0.688. The molecule has 0 aliphatic carbocycles. The van der Waals surface area contributed by atoms with Crippen LogP contribution in [0, 0.1) is 0 Å². The Hall–Kier alpha value is -2.65. The van der Waals surface area contributed by atoms with Crippen LogP contribution in [-0.4, -0.2) is 61.2 Å². The lowest BCUT2D eigenvalue weighted by molar-refractivity contribution is -0.162. The molecule has 0 bridgehead atoms. The molecule has 0 fully saturated rings. The van der Waals surface area contributed by atoms with Crippen LogP contribution in [-0.2, 0) is 42.9 Å². The molecule has 0 aromatic carbocycles. The fourth-order valence-electron chi connectivity index (χ4n) is 2.09. The van der Waals surface area contributed by atoms with Crippen molar-refractivity contribution in [3.8, 4) is 0 Å². The number of nitrogens with one attached hydrogen (secondary N) is 1. The molecule has 0 aliphatic rings. The van der Waals surface area contributed by atoms with Gasteiger partial charge in [-0.15, -0.1) is 0 Å². The van der Waals surface area contributed by atoms with Gasteiger partial charge in [0.2, 0.25) is 5.91 Å². The minimum atomic E-state index is -1.02. The van der Waals surface area contributed by atoms with Crippen LogP contribution in [0.2, 0.25) is 0 Å². The molecule has 3 atom stereocenters. The van der Waals surface area contributed by atoms with Crippen LogP contribution in [0.25, 0.3) is 0 Å². The molecule has 26 heavy (non-hydrogen) atoms. The highest BCUT2D eigenvalue weighted by atomic mass is 16.6. The summed E-state index contributed by atoms with van der Waals surface area (Å²) in [6, 6.07) is -0.851. The summed E-state index contributed by atoms with van der Waals surface area (Å²) in [7, 11) is 0. The van der Waals surface area contributed by atoms with Crippen molar-refractivity contribution in [2.24, 2.45) is 0 Å². The van der Waals surface area contributed by atoms with Crippen LogP contribution < -0.4 is 5.32 Å². The minimum absolute atomic E-state index is 0.0361. The Kier molecular flexibility index (Phi) is 10.6. The lowest BCUT2D eigenvalue weighted by Crippen LogP contribution is -2.49. The SMILES string of the molecule is CC(=O)NC(CC(COC(C)=O)OC(C)=O)C(COC(C)=O)OC(C)=O. The van der Waals surface area contributed by atoms with Gasteiger partial charge in [0.1, 0.15) is 19.3 Å². The first-order valence-corrected chi connectivity index (χ1v) is 7.89. The highest BCUT2D eigenvalue weighted by Crippen LogP contribution is 2.13. The van der Waals surface area contributed by atoms with E-state index in [2.05, 4.69) is 5.32 Å². The van der Waals surface area contributed by atoms with Crippen LogP contribution in [0.4, 0.5) is 0 Å². The number of ether oxygens (including phenoxy) is 4. The lowest BCUT2D eigenvalue weighted by atomic mass is 10.0. The van der Waals surface area contributed by atoms with E-state index < -0.39 is 48.0 Å². The zero-order valence-corrected chi connectivity index (χ0v) is 15.5. The minimum Gasteiger partial charge on any atom is -0.462 e. The maximum atomic E-state index is 11.5. The van der Waals surface area contributed by atoms with Crippen LogP contribution in [0.3, 0.4) is 0 Å². The molecule has 10 nitrogen and oxygen atoms in total. The summed E-state index contributed by atoms with van der Waals surface area (Å²) in [6.45, 7) is 5.41. The van der Waals surface area contributed by atoms with Gasteiger partial charge in [-0.1, -0.05) is 0 Å². The van der Waals surface area contributed by atoms with Crippen molar-refractivity contribution in [1.82, 2.24) is 5.32 Å². The molecule has 0 aromatic heterocycles. The van der Waals surface area contributed by atoms with E-state index in [1.165, 1.54) is 27.7 Å². The fourth-order valence-corrected chi connectivity index (χ4v) is 2.09. The quantitative estimate of drug-likeness (QED) is 0.409. The molecule has 1 amide bonds. The van der Waals surface area contributed by atoms with Gasteiger partial charge in [0.05, 0.1) is 6.04 Å².